The summed E-state index contributed by atoms with van der Waals surface area (Å²) in [7, 11) is -2.12. The molecule has 1 N–H and O–H groups in total. The van der Waals surface area contributed by atoms with Crippen molar-refractivity contribution < 1.29 is 35.9 Å². The lowest BCUT2D eigenvalue weighted by Crippen LogP contribution is -2.17. The maximum absolute atomic E-state index is 13.1. The number of nitrogens with one attached hydrogen (secondary N) is 1. The van der Waals surface area contributed by atoms with Gasteiger partial charge in [-0.3, -0.25) is 4.79 Å². The zero-order chi connectivity index (χ0) is 21.8. The number of methoxy groups -OCH3 is 1. The van der Waals surface area contributed by atoms with E-state index in [0.717, 1.165) is 24.5 Å². The lowest BCUT2D eigenvalue weighted by Gasteiger charge is -2.16. The Morgan fingerprint density at radius 3 is 2.38 bits per heavy atom. The van der Waals surface area contributed by atoms with E-state index in [4.69, 9.17) is 9.47 Å². The number of rotatable bonds is 7. The third kappa shape index (κ3) is 5.94. The summed E-state index contributed by atoms with van der Waals surface area (Å²) in [6.07, 6.45) is -3.62. The highest BCUT2D eigenvalue weighted by Gasteiger charge is 2.31. The largest absolute Gasteiger partial charge is 0.489 e. The van der Waals surface area contributed by atoms with Gasteiger partial charge in [0.15, 0.2) is 9.84 Å². The zero-order valence-corrected chi connectivity index (χ0v) is 16.8. The molecular weight excluding hydrogens is 411 g/mol. The Balaban J connectivity index is 2.42. The van der Waals surface area contributed by atoms with Gasteiger partial charge in [-0.25, -0.2) is 8.42 Å². The van der Waals surface area contributed by atoms with Crippen molar-refractivity contribution in [2.45, 2.75) is 18.0 Å². The van der Waals surface area contributed by atoms with Gasteiger partial charge in [-0.2, -0.15) is 13.2 Å². The van der Waals surface area contributed by atoms with Gasteiger partial charge in [-0.05, 0) is 42.8 Å². The summed E-state index contributed by atoms with van der Waals surface area (Å²) < 4.78 is 72.9. The standard InChI is InChI=1S/C19H20F3NO5S/c1-12-4-6-14(29(3,25)26)11-15(12)18(24)23-16-10-13(19(20,21)22)5-7-17(16)28-9-8-27-2/h4-7,10-11H,8-9H2,1-3H3,(H,23,24). The normalized spacial score (nSPS) is 11.9. The molecule has 29 heavy (non-hydrogen) atoms. The zero-order valence-electron chi connectivity index (χ0n) is 16.0. The number of sulfone groups is 1. The first kappa shape index (κ1) is 22.7. The fraction of sp³-hybridized carbons (Fsp3) is 0.316. The minimum Gasteiger partial charge on any atom is -0.489 e. The summed E-state index contributed by atoms with van der Waals surface area (Å²) in [5.74, 6) is -0.732. The molecule has 0 bridgehead atoms. The van der Waals surface area contributed by atoms with Gasteiger partial charge in [0.25, 0.3) is 5.91 Å². The van der Waals surface area contributed by atoms with Crippen LogP contribution >= 0.6 is 0 Å². The van der Waals surface area contributed by atoms with Crippen LogP contribution in [0.3, 0.4) is 0 Å². The molecule has 10 heteroatoms. The number of halogens is 3. The summed E-state index contributed by atoms with van der Waals surface area (Å²) in [5, 5.41) is 2.39. The predicted molar refractivity (Wildman–Crippen MR) is 101 cm³/mol. The molecule has 0 radical (unpaired) electrons. The third-order valence-corrected chi connectivity index (χ3v) is 5.09. The maximum Gasteiger partial charge on any atom is 0.416 e. The second kappa shape index (κ2) is 8.83. The fourth-order valence-electron chi connectivity index (χ4n) is 2.43. The van der Waals surface area contributed by atoms with Gasteiger partial charge in [-0.15, -0.1) is 0 Å². The van der Waals surface area contributed by atoms with E-state index in [1.165, 1.54) is 25.3 Å². The lowest BCUT2D eigenvalue weighted by molar-refractivity contribution is -0.137. The Kier molecular flexibility index (Phi) is 6.91. The fourth-order valence-corrected chi connectivity index (χ4v) is 3.08. The van der Waals surface area contributed by atoms with Gasteiger partial charge in [0.2, 0.25) is 0 Å². The van der Waals surface area contributed by atoms with Crippen LogP contribution in [0, 0.1) is 6.92 Å². The Morgan fingerprint density at radius 1 is 1.10 bits per heavy atom. The number of amides is 1. The summed E-state index contributed by atoms with van der Waals surface area (Å²) in [4.78, 5) is 12.6. The summed E-state index contributed by atoms with van der Waals surface area (Å²) in [6, 6.07) is 6.69. The number of hydrogen-bond donors (Lipinski definition) is 1. The van der Waals surface area contributed by atoms with Crippen molar-refractivity contribution in [2.24, 2.45) is 0 Å². The minimum atomic E-state index is -4.61. The second-order valence-electron chi connectivity index (χ2n) is 6.25. The Bertz CT molecular complexity index is 1000. The van der Waals surface area contributed by atoms with Crippen molar-refractivity contribution in [3.8, 4) is 5.75 Å². The molecule has 158 valence electrons. The van der Waals surface area contributed by atoms with Crippen LogP contribution in [0.1, 0.15) is 21.5 Å². The molecule has 0 spiro atoms. The molecule has 0 saturated heterocycles. The number of carbonyl (C=O) groups excluding carboxylic acids is 1. The van der Waals surface area contributed by atoms with E-state index in [9.17, 15) is 26.4 Å². The Hall–Kier alpha value is -2.59. The first-order valence-electron chi connectivity index (χ1n) is 8.38. The van der Waals surface area contributed by atoms with E-state index >= 15 is 0 Å². The van der Waals surface area contributed by atoms with Crippen LogP contribution in [-0.4, -0.2) is 40.9 Å². The smallest absolute Gasteiger partial charge is 0.416 e. The SMILES string of the molecule is COCCOc1ccc(C(F)(F)F)cc1NC(=O)c1cc(S(C)(=O)=O)ccc1C. The summed E-state index contributed by atoms with van der Waals surface area (Å²) in [5.41, 5.74) is -0.671. The number of aryl methyl sites for hydroxylation is 1. The third-order valence-electron chi connectivity index (χ3n) is 3.98. The van der Waals surface area contributed by atoms with Crippen molar-refractivity contribution in [1.29, 1.82) is 0 Å². The number of anilines is 1. The highest BCUT2D eigenvalue weighted by molar-refractivity contribution is 7.90. The van der Waals surface area contributed by atoms with E-state index < -0.39 is 27.5 Å². The van der Waals surface area contributed by atoms with Gasteiger partial charge in [0, 0.05) is 18.9 Å². The van der Waals surface area contributed by atoms with E-state index in [2.05, 4.69) is 5.32 Å². The predicted octanol–water partition coefficient (Wildman–Crippen LogP) is 3.69. The van der Waals surface area contributed by atoms with Crippen molar-refractivity contribution in [2.75, 3.05) is 31.9 Å². The summed E-state index contributed by atoms with van der Waals surface area (Å²) >= 11 is 0. The van der Waals surface area contributed by atoms with E-state index in [1.54, 1.807) is 6.92 Å². The molecule has 0 fully saturated rings. The van der Waals surface area contributed by atoms with E-state index in [1.807, 2.05) is 0 Å². The van der Waals surface area contributed by atoms with Gasteiger partial charge in [-0.1, -0.05) is 6.07 Å². The van der Waals surface area contributed by atoms with Crippen LogP contribution in [0.4, 0.5) is 18.9 Å². The topological polar surface area (TPSA) is 81.7 Å². The number of hydrogen-bond acceptors (Lipinski definition) is 5. The van der Waals surface area contributed by atoms with Crippen LogP contribution in [-0.2, 0) is 20.8 Å². The van der Waals surface area contributed by atoms with Gasteiger partial charge < -0.3 is 14.8 Å². The number of ether oxygens (including phenoxy) is 2. The molecule has 6 nitrogen and oxygen atoms in total. The van der Waals surface area contributed by atoms with Crippen LogP contribution in [0.25, 0.3) is 0 Å². The number of alkyl halides is 3. The van der Waals surface area contributed by atoms with E-state index in [0.29, 0.717) is 5.56 Å². The molecule has 2 aromatic carbocycles. The quantitative estimate of drug-likeness (QED) is 0.676. The molecule has 2 aromatic rings. The minimum absolute atomic E-state index is 0.0215. The first-order valence-corrected chi connectivity index (χ1v) is 10.3. The van der Waals surface area contributed by atoms with Crippen molar-refractivity contribution in [1.82, 2.24) is 0 Å². The number of benzene rings is 2. The molecular formula is C19H20F3NO5S. The van der Waals surface area contributed by atoms with Crippen molar-refractivity contribution in [3.63, 3.8) is 0 Å². The molecule has 0 atom stereocenters. The maximum atomic E-state index is 13.1. The van der Waals surface area contributed by atoms with Gasteiger partial charge in [0.1, 0.15) is 12.4 Å². The average Bonchev–Trinajstić information content (AvgIpc) is 2.61. The van der Waals surface area contributed by atoms with Gasteiger partial charge >= 0.3 is 6.18 Å². The monoisotopic (exact) mass is 431 g/mol. The molecule has 0 aromatic heterocycles. The molecule has 1 amide bonds. The first-order chi connectivity index (χ1) is 13.4. The summed E-state index contributed by atoms with van der Waals surface area (Å²) in [6.45, 7) is 1.85. The van der Waals surface area contributed by atoms with Crippen molar-refractivity contribution >= 4 is 21.4 Å². The molecule has 0 saturated carbocycles. The highest BCUT2D eigenvalue weighted by Crippen LogP contribution is 2.35. The van der Waals surface area contributed by atoms with Crippen LogP contribution in [0.2, 0.25) is 0 Å². The molecule has 0 heterocycles. The van der Waals surface area contributed by atoms with Crippen LogP contribution in [0.15, 0.2) is 41.3 Å². The lowest BCUT2D eigenvalue weighted by atomic mass is 10.1. The van der Waals surface area contributed by atoms with Crippen molar-refractivity contribution in [3.05, 3.63) is 53.1 Å². The van der Waals surface area contributed by atoms with Gasteiger partial charge in [0.05, 0.1) is 22.8 Å². The Morgan fingerprint density at radius 2 is 1.79 bits per heavy atom. The number of carbonyl (C=O) groups is 1. The molecule has 2 rings (SSSR count). The van der Waals surface area contributed by atoms with E-state index in [-0.39, 0.29) is 35.1 Å². The van der Waals surface area contributed by atoms with Crippen LogP contribution in [0.5, 0.6) is 5.75 Å². The molecule has 0 aliphatic carbocycles. The Labute approximate surface area is 166 Å². The molecule has 0 aliphatic rings. The highest BCUT2D eigenvalue weighted by atomic mass is 32.2. The molecule has 0 aliphatic heterocycles. The second-order valence-corrected chi connectivity index (χ2v) is 8.27. The average molecular weight is 431 g/mol. The van der Waals surface area contributed by atoms with Crippen LogP contribution < -0.4 is 10.1 Å². The molecule has 0 unspecified atom stereocenters.